The van der Waals surface area contributed by atoms with Crippen LogP contribution in [0.5, 0.6) is 0 Å². The number of nitrogen functional groups attached to an aromatic ring is 1. The van der Waals surface area contributed by atoms with Gasteiger partial charge < -0.3 is 30.0 Å². The van der Waals surface area contributed by atoms with Crippen molar-refractivity contribution in [2.45, 2.75) is 37.1 Å². The topological polar surface area (TPSA) is 116 Å². The van der Waals surface area contributed by atoms with E-state index in [1.54, 1.807) is 22.9 Å². The largest absolute Gasteiger partial charge is 0.387 e. The summed E-state index contributed by atoms with van der Waals surface area (Å²) in [6.07, 6.45) is -0.546. The molecule has 4 unspecified atom stereocenters. The molecule has 2 aromatic heterocycles. The van der Waals surface area contributed by atoms with Gasteiger partial charge in [0.1, 0.15) is 42.2 Å². The molecule has 4 N–H and O–H groups in total. The zero-order chi connectivity index (χ0) is 19.4. The summed E-state index contributed by atoms with van der Waals surface area (Å²) in [6.45, 7) is 0.488. The fraction of sp³-hybridized carbons (Fsp3) is 0.368. The van der Waals surface area contributed by atoms with E-state index in [4.69, 9.17) is 26.8 Å². The maximum atomic E-state index is 10.7. The number of hydrogen-bond donors (Lipinski definition) is 3. The average Bonchev–Trinajstić information content (AvgIpc) is 3.24. The molecule has 0 saturated carbocycles. The van der Waals surface area contributed by atoms with Crippen LogP contribution in [-0.4, -0.2) is 49.7 Å². The average molecular weight is 403 g/mol. The van der Waals surface area contributed by atoms with Gasteiger partial charge in [0.15, 0.2) is 6.23 Å². The summed E-state index contributed by atoms with van der Waals surface area (Å²) < 4.78 is 13.7. The Morgan fingerprint density at radius 1 is 1.18 bits per heavy atom. The molecule has 0 spiro atoms. The van der Waals surface area contributed by atoms with E-state index in [-0.39, 0.29) is 0 Å². The number of nitrogens with two attached hydrogens (primary N) is 1. The van der Waals surface area contributed by atoms with Gasteiger partial charge in [-0.15, -0.1) is 0 Å². The van der Waals surface area contributed by atoms with Gasteiger partial charge in [0.2, 0.25) is 0 Å². The van der Waals surface area contributed by atoms with Gasteiger partial charge in [-0.25, -0.2) is 9.97 Å². The SMILES string of the molecule is Nc1ncnc2c1ccn2C1OC([C@@H]2OCCc3cc(Cl)ccc32)C(O)C1O. The van der Waals surface area contributed by atoms with Crippen LogP contribution in [0.4, 0.5) is 5.82 Å². The Balaban J connectivity index is 1.50. The fourth-order valence-electron chi connectivity index (χ4n) is 4.09. The molecule has 9 heteroatoms. The summed E-state index contributed by atoms with van der Waals surface area (Å²) in [4.78, 5) is 8.21. The van der Waals surface area contributed by atoms with E-state index < -0.39 is 30.6 Å². The monoisotopic (exact) mass is 402 g/mol. The third-order valence-electron chi connectivity index (χ3n) is 5.47. The van der Waals surface area contributed by atoms with Crippen LogP contribution in [0.1, 0.15) is 23.5 Å². The van der Waals surface area contributed by atoms with Crippen LogP contribution in [-0.2, 0) is 15.9 Å². The smallest absolute Gasteiger partial charge is 0.164 e. The van der Waals surface area contributed by atoms with E-state index >= 15 is 0 Å². The third-order valence-corrected chi connectivity index (χ3v) is 5.70. The lowest BCUT2D eigenvalue weighted by Gasteiger charge is -2.31. The Kier molecular flexibility index (Phi) is 4.26. The second-order valence-corrected chi connectivity index (χ2v) is 7.51. The third kappa shape index (κ3) is 2.68. The molecule has 5 atom stereocenters. The maximum Gasteiger partial charge on any atom is 0.164 e. The standard InChI is InChI=1S/C19H19ClN4O4/c20-10-1-2-11-9(7-10)4-6-27-15(11)16-13(25)14(26)19(28-16)24-5-3-12-17(21)22-8-23-18(12)24/h1-3,5,7-8,13-16,19,25-26H,4,6H2,(H2,21,22,23)/t13?,14?,15-,16?,19?/m1/s1. The fourth-order valence-corrected chi connectivity index (χ4v) is 4.28. The highest BCUT2D eigenvalue weighted by molar-refractivity contribution is 6.30. The van der Waals surface area contributed by atoms with Gasteiger partial charge in [-0.2, -0.15) is 0 Å². The van der Waals surface area contributed by atoms with Crippen LogP contribution in [0.3, 0.4) is 0 Å². The lowest BCUT2D eigenvalue weighted by molar-refractivity contribution is -0.113. The van der Waals surface area contributed by atoms with Gasteiger partial charge in [-0.3, -0.25) is 0 Å². The Morgan fingerprint density at radius 3 is 2.89 bits per heavy atom. The number of aliphatic hydroxyl groups is 2. The number of rotatable bonds is 2. The molecule has 5 rings (SSSR count). The molecule has 8 nitrogen and oxygen atoms in total. The van der Waals surface area contributed by atoms with E-state index in [9.17, 15) is 10.2 Å². The number of halogens is 1. The molecule has 0 aliphatic carbocycles. The van der Waals surface area contributed by atoms with Crippen molar-refractivity contribution in [3.05, 3.63) is 52.9 Å². The van der Waals surface area contributed by atoms with Gasteiger partial charge >= 0.3 is 0 Å². The summed E-state index contributed by atoms with van der Waals surface area (Å²) in [6, 6.07) is 7.34. The number of nitrogens with zero attached hydrogens (tertiary/aromatic N) is 3. The zero-order valence-corrected chi connectivity index (χ0v) is 15.5. The maximum absolute atomic E-state index is 10.7. The molecular formula is C19H19ClN4O4. The first kappa shape index (κ1) is 17.8. The first-order valence-corrected chi connectivity index (χ1v) is 9.41. The molecule has 4 heterocycles. The summed E-state index contributed by atoms with van der Waals surface area (Å²) in [5.74, 6) is 0.342. The van der Waals surface area contributed by atoms with E-state index in [0.717, 1.165) is 17.5 Å². The second kappa shape index (κ2) is 6.68. The Bertz CT molecular complexity index is 1040. The van der Waals surface area contributed by atoms with Crippen LogP contribution >= 0.6 is 11.6 Å². The lowest BCUT2D eigenvalue weighted by Crippen LogP contribution is -2.37. The molecule has 0 bridgehead atoms. The molecule has 2 aliphatic rings. The minimum atomic E-state index is -1.15. The number of aromatic nitrogens is 3. The molecule has 0 amide bonds. The van der Waals surface area contributed by atoms with E-state index in [2.05, 4.69) is 9.97 Å². The van der Waals surface area contributed by atoms with Crippen molar-refractivity contribution in [1.82, 2.24) is 14.5 Å². The highest BCUT2D eigenvalue weighted by atomic mass is 35.5. The Labute approximate surface area is 165 Å². The van der Waals surface area contributed by atoms with Crippen molar-refractivity contribution >= 4 is 28.5 Å². The number of benzene rings is 1. The predicted octanol–water partition coefficient (Wildman–Crippen LogP) is 1.60. The number of ether oxygens (including phenoxy) is 2. The van der Waals surface area contributed by atoms with Gasteiger partial charge in [-0.1, -0.05) is 17.7 Å². The summed E-state index contributed by atoms with van der Waals surface area (Å²) in [5.41, 5.74) is 8.39. The molecule has 1 fully saturated rings. The first-order valence-electron chi connectivity index (χ1n) is 9.03. The van der Waals surface area contributed by atoms with Crippen LogP contribution in [0.25, 0.3) is 11.0 Å². The minimum Gasteiger partial charge on any atom is -0.387 e. The molecule has 146 valence electrons. The number of hydrogen-bond acceptors (Lipinski definition) is 7. The summed E-state index contributed by atoms with van der Waals surface area (Å²) in [7, 11) is 0. The van der Waals surface area contributed by atoms with Crippen LogP contribution in [0, 0.1) is 0 Å². The Hall–Kier alpha value is -2.23. The van der Waals surface area contributed by atoms with Crippen molar-refractivity contribution in [2.24, 2.45) is 0 Å². The molecule has 2 aliphatic heterocycles. The van der Waals surface area contributed by atoms with Crippen molar-refractivity contribution < 1.29 is 19.7 Å². The van der Waals surface area contributed by atoms with Gasteiger partial charge in [0.05, 0.1) is 12.0 Å². The highest BCUT2D eigenvalue weighted by Crippen LogP contribution is 2.41. The van der Waals surface area contributed by atoms with Crippen LogP contribution in [0.15, 0.2) is 36.8 Å². The molecule has 3 aromatic rings. The summed E-state index contributed by atoms with van der Waals surface area (Å²) >= 11 is 6.11. The van der Waals surface area contributed by atoms with E-state index in [1.807, 2.05) is 12.1 Å². The van der Waals surface area contributed by atoms with Crippen LogP contribution in [0.2, 0.25) is 5.02 Å². The van der Waals surface area contributed by atoms with Gasteiger partial charge in [-0.05, 0) is 35.7 Å². The molecule has 1 aromatic carbocycles. The molecule has 0 radical (unpaired) electrons. The minimum absolute atomic E-state index is 0.342. The first-order chi connectivity index (χ1) is 13.5. The Morgan fingerprint density at radius 2 is 2.04 bits per heavy atom. The number of anilines is 1. The van der Waals surface area contributed by atoms with E-state index in [1.165, 1.54) is 6.33 Å². The molecule has 1 saturated heterocycles. The number of aliphatic hydroxyl groups excluding tert-OH is 2. The quantitative estimate of drug-likeness (QED) is 0.596. The van der Waals surface area contributed by atoms with Crippen molar-refractivity contribution in [3.63, 3.8) is 0 Å². The molecule has 28 heavy (non-hydrogen) atoms. The lowest BCUT2D eigenvalue weighted by atomic mass is 9.92. The normalized spacial score (nSPS) is 29.9. The number of fused-ring (bicyclic) bond motifs is 2. The van der Waals surface area contributed by atoms with Gasteiger partial charge in [0, 0.05) is 11.2 Å². The van der Waals surface area contributed by atoms with Crippen molar-refractivity contribution in [3.8, 4) is 0 Å². The summed E-state index contributed by atoms with van der Waals surface area (Å²) in [5, 5.41) is 22.7. The molecular weight excluding hydrogens is 384 g/mol. The van der Waals surface area contributed by atoms with Crippen molar-refractivity contribution in [2.75, 3.05) is 12.3 Å². The zero-order valence-electron chi connectivity index (χ0n) is 14.8. The van der Waals surface area contributed by atoms with Gasteiger partial charge in [0.25, 0.3) is 0 Å². The second-order valence-electron chi connectivity index (χ2n) is 7.08. The highest BCUT2D eigenvalue weighted by Gasteiger charge is 2.49. The van der Waals surface area contributed by atoms with Crippen molar-refractivity contribution in [1.29, 1.82) is 0 Å². The van der Waals surface area contributed by atoms with E-state index in [0.29, 0.717) is 28.5 Å². The predicted molar refractivity (Wildman–Crippen MR) is 102 cm³/mol. The van der Waals surface area contributed by atoms with Crippen LogP contribution < -0.4 is 5.73 Å².